The fourth-order valence-corrected chi connectivity index (χ4v) is 2.90. The number of hydrogen-bond acceptors (Lipinski definition) is 3. The fourth-order valence-electron chi connectivity index (χ4n) is 2.90. The Morgan fingerprint density at radius 2 is 1.86 bits per heavy atom. The third kappa shape index (κ3) is 5.62. The number of ether oxygens (including phenoxy) is 1. The van der Waals surface area contributed by atoms with Crippen LogP contribution in [0.3, 0.4) is 0 Å². The molecule has 0 aliphatic carbocycles. The molecule has 5 nitrogen and oxygen atoms in total. The van der Waals surface area contributed by atoms with Gasteiger partial charge in [0.2, 0.25) is 0 Å². The number of nitrogens with one attached hydrogen (secondary N) is 2. The van der Waals surface area contributed by atoms with Gasteiger partial charge in [0.1, 0.15) is 5.82 Å². The van der Waals surface area contributed by atoms with Crippen LogP contribution in [0.2, 0.25) is 0 Å². The van der Waals surface area contributed by atoms with E-state index in [2.05, 4.69) is 26.7 Å². The molecule has 0 spiro atoms. The number of halogens is 2. The lowest BCUT2D eigenvalue weighted by Gasteiger charge is -2.14. The van der Waals surface area contributed by atoms with Gasteiger partial charge >= 0.3 is 0 Å². The smallest absolute Gasteiger partial charge is 0.191 e. The Labute approximate surface area is 181 Å². The Morgan fingerprint density at radius 1 is 1.07 bits per heavy atom. The minimum Gasteiger partial charge on any atom is -0.380 e. The summed E-state index contributed by atoms with van der Waals surface area (Å²) in [6, 6.07) is 15.1. The van der Waals surface area contributed by atoms with Crippen LogP contribution in [0.5, 0.6) is 0 Å². The Bertz CT molecular complexity index is 943. The zero-order valence-electron chi connectivity index (χ0n) is 15.9. The Kier molecular flexibility index (Phi) is 8.59. The number of benzene rings is 2. The number of nitrogens with zero attached hydrogens (tertiary/aromatic N) is 2. The first-order chi connectivity index (χ1) is 13.2. The number of para-hydroxylation sites is 1. The number of aliphatic imine (C=N–C) groups is 1. The summed E-state index contributed by atoms with van der Waals surface area (Å²) in [6.07, 6.45) is 1.81. The Balaban J connectivity index is 0.00000280. The lowest BCUT2D eigenvalue weighted by molar-refractivity contribution is 0.181. The largest absolute Gasteiger partial charge is 0.380 e. The van der Waals surface area contributed by atoms with Gasteiger partial charge in [-0.1, -0.05) is 24.3 Å². The highest BCUT2D eigenvalue weighted by atomic mass is 127. The summed E-state index contributed by atoms with van der Waals surface area (Å²) in [5, 5.41) is 7.68. The van der Waals surface area contributed by atoms with E-state index in [4.69, 9.17) is 4.74 Å². The molecule has 3 rings (SSSR count). The van der Waals surface area contributed by atoms with Gasteiger partial charge in [-0.15, -0.1) is 24.0 Å². The average molecular weight is 494 g/mol. The maximum atomic E-state index is 13.7. The number of fused-ring (bicyclic) bond motifs is 1. The molecular weight excluding hydrogens is 470 g/mol. The third-order valence-corrected chi connectivity index (χ3v) is 4.28. The van der Waals surface area contributed by atoms with Gasteiger partial charge in [0.15, 0.2) is 5.96 Å². The molecule has 0 aliphatic heterocycles. The van der Waals surface area contributed by atoms with Crippen LogP contribution in [-0.2, 0) is 24.4 Å². The van der Waals surface area contributed by atoms with Crippen molar-refractivity contribution >= 4 is 40.8 Å². The van der Waals surface area contributed by atoms with Gasteiger partial charge in [0.05, 0.1) is 12.1 Å². The molecule has 0 radical (unpaired) electrons. The highest BCUT2D eigenvalue weighted by molar-refractivity contribution is 14.0. The second-order valence-electron chi connectivity index (χ2n) is 6.13. The van der Waals surface area contributed by atoms with E-state index < -0.39 is 0 Å². The second-order valence-corrected chi connectivity index (χ2v) is 6.13. The minimum absolute atomic E-state index is 0. The van der Waals surface area contributed by atoms with E-state index >= 15 is 0 Å². The number of aromatic nitrogens is 1. The molecule has 0 unspecified atom stereocenters. The zero-order chi connectivity index (χ0) is 19.1. The van der Waals surface area contributed by atoms with E-state index in [9.17, 15) is 4.39 Å². The first kappa shape index (κ1) is 22.0. The van der Waals surface area contributed by atoms with Crippen LogP contribution in [0.15, 0.2) is 59.7 Å². The maximum absolute atomic E-state index is 13.7. The molecule has 0 fully saturated rings. The summed E-state index contributed by atoms with van der Waals surface area (Å²) < 4.78 is 18.7. The summed E-state index contributed by atoms with van der Waals surface area (Å²) >= 11 is 0. The van der Waals surface area contributed by atoms with Gasteiger partial charge in [0, 0.05) is 44.4 Å². The van der Waals surface area contributed by atoms with Gasteiger partial charge < -0.3 is 15.4 Å². The molecule has 7 heteroatoms. The summed E-state index contributed by atoms with van der Waals surface area (Å²) in [5.74, 6) is 0.418. The van der Waals surface area contributed by atoms with Crippen molar-refractivity contribution in [3.05, 3.63) is 77.2 Å². The summed E-state index contributed by atoms with van der Waals surface area (Å²) in [5.41, 5.74) is 3.62. The number of pyridine rings is 1. The molecule has 2 aromatic carbocycles. The van der Waals surface area contributed by atoms with Crippen molar-refractivity contribution in [2.75, 3.05) is 14.2 Å². The van der Waals surface area contributed by atoms with Crippen LogP contribution in [0.4, 0.5) is 4.39 Å². The van der Waals surface area contributed by atoms with Crippen molar-refractivity contribution in [2.24, 2.45) is 4.99 Å². The van der Waals surface area contributed by atoms with Crippen LogP contribution in [-0.4, -0.2) is 25.1 Å². The topological polar surface area (TPSA) is 58.5 Å². The van der Waals surface area contributed by atoms with Crippen molar-refractivity contribution < 1.29 is 9.13 Å². The summed E-state index contributed by atoms with van der Waals surface area (Å²) in [6.45, 7) is 1.41. The quantitative estimate of drug-likeness (QED) is 0.309. The number of hydrogen-bond donors (Lipinski definition) is 2. The molecular formula is C21H24FIN4O. The van der Waals surface area contributed by atoms with Crippen molar-refractivity contribution in [1.82, 2.24) is 15.6 Å². The lowest BCUT2D eigenvalue weighted by atomic mass is 10.1. The molecule has 0 saturated heterocycles. The molecule has 0 saturated carbocycles. The summed E-state index contributed by atoms with van der Waals surface area (Å²) in [7, 11) is 3.28. The fraction of sp³-hybridized carbons (Fsp3) is 0.238. The Morgan fingerprint density at radius 3 is 2.64 bits per heavy atom. The maximum Gasteiger partial charge on any atom is 0.191 e. The van der Waals surface area contributed by atoms with Crippen LogP contribution >= 0.6 is 24.0 Å². The van der Waals surface area contributed by atoms with E-state index in [-0.39, 0.29) is 36.4 Å². The van der Waals surface area contributed by atoms with Crippen molar-refractivity contribution in [2.45, 2.75) is 19.7 Å². The number of rotatable bonds is 6. The minimum atomic E-state index is -0.257. The SMILES string of the molecule is CN=C(NCc1ccc(F)c(COC)c1)NCc1ccnc2ccccc12.I. The molecule has 1 heterocycles. The molecule has 3 aromatic rings. The van der Waals surface area contributed by atoms with E-state index in [1.165, 1.54) is 6.07 Å². The standard InChI is InChI=1S/C21H23FN4O.HI/c1-23-21(25-12-15-7-8-19(22)17(11-15)14-27-2)26-13-16-9-10-24-20-6-4-3-5-18(16)20;/h3-11H,12-14H2,1-2H3,(H2,23,25,26);1H. The third-order valence-electron chi connectivity index (χ3n) is 4.28. The van der Waals surface area contributed by atoms with E-state index in [1.54, 1.807) is 26.3 Å². The van der Waals surface area contributed by atoms with Crippen molar-refractivity contribution in [3.63, 3.8) is 0 Å². The second kappa shape index (κ2) is 10.9. The van der Waals surface area contributed by atoms with Crippen LogP contribution < -0.4 is 10.6 Å². The van der Waals surface area contributed by atoms with Crippen molar-refractivity contribution in [3.8, 4) is 0 Å². The normalized spacial score (nSPS) is 11.2. The predicted octanol–water partition coefficient (Wildman–Crippen LogP) is 4.00. The van der Waals surface area contributed by atoms with Gasteiger partial charge in [-0.2, -0.15) is 0 Å². The highest BCUT2D eigenvalue weighted by Gasteiger charge is 2.06. The molecule has 28 heavy (non-hydrogen) atoms. The highest BCUT2D eigenvalue weighted by Crippen LogP contribution is 2.16. The molecule has 0 amide bonds. The Hall–Kier alpha value is -2.26. The van der Waals surface area contributed by atoms with E-state index in [0.29, 0.717) is 24.6 Å². The zero-order valence-corrected chi connectivity index (χ0v) is 18.2. The first-order valence-electron chi connectivity index (χ1n) is 8.74. The van der Waals surface area contributed by atoms with Gasteiger partial charge in [-0.25, -0.2) is 4.39 Å². The molecule has 148 valence electrons. The van der Waals surface area contributed by atoms with Crippen molar-refractivity contribution in [1.29, 1.82) is 0 Å². The van der Waals surface area contributed by atoms with E-state index in [0.717, 1.165) is 22.0 Å². The first-order valence-corrected chi connectivity index (χ1v) is 8.74. The van der Waals surface area contributed by atoms with Gasteiger partial charge in [0.25, 0.3) is 0 Å². The van der Waals surface area contributed by atoms with Crippen LogP contribution in [0.25, 0.3) is 10.9 Å². The van der Waals surface area contributed by atoms with Crippen LogP contribution in [0.1, 0.15) is 16.7 Å². The van der Waals surface area contributed by atoms with Gasteiger partial charge in [-0.05, 0) is 35.4 Å². The molecule has 0 atom stereocenters. The van der Waals surface area contributed by atoms with E-state index in [1.807, 2.05) is 30.5 Å². The molecule has 2 N–H and O–H groups in total. The average Bonchev–Trinajstić information content (AvgIpc) is 2.70. The number of guanidine groups is 1. The van der Waals surface area contributed by atoms with Gasteiger partial charge in [-0.3, -0.25) is 9.98 Å². The van der Waals surface area contributed by atoms with Crippen LogP contribution in [0, 0.1) is 5.82 Å². The summed E-state index contributed by atoms with van der Waals surface area (Å²) in [4.78, 5) is 8.64. The lowest BCUT2D eigenvalue weighted by Crippen LogP contribution is -2.36. The monoisotopic (exact) mass is 494 g/mol. The predicted molar refractivity (Wildman–Crippen MR) is 121 cm³/mol. The number of methoxy groups -OCH3 is 1. The molecule has 0 aliphatic rings. The molecule has 0 bridgehead atoms. The molecule has 1 aromatic heterocycles.